The van der Waals surface area contributed by atoms with Crippen LogP contribution in [-0.2, 0) is 6.61 Å². The highest BCUT2D eigenvalue weighted by Gasteiger charge is 2.44. The van der Waals surface area contributed by atoms with E-state index in [-0.39, 0.29) is 41.5 Å². The number of allylic oxidation sites excluding steroid dienone is 1. The topological polar surface area (TPSA) is 71.8 Å². The van der Waals surface area contributed by atoms with Crippen molar-refractivity contribution in [1.29, 1.82) is 0 Å². The van der Waals surface area contributed by atoms with Gasteiger partial charge in [0.05, 0.1) is 17.8 Å². The van der Waals surface area contributed by atoms with E-state index in [1.807, 2.05) is 60.9 Å². The first-order valence-electron chi connectivity index (χ1n) is 10.0. The Balaban J connectivity index is 1.83. The Labute approximate surface area is 170 Å². The molecule has 6 heteroatoms. The maximum atomic E-state index is 13.4. The maximum Gasteiger partial charge on any atom is 0.275 e. The standard InChI is InChI=1S/C23H26N2O4/c1-4-8-14(2)24-12-17-11-18(26)19-15(3)21(27)22(20(23(24)28)25(17)19)29-13-16-9-6-5-7-10-16/h4-10,14,17-18,26H,11-13H2,1-3H3/b8-4-. The van der Waals surface area contributed by atoms with Gasteiger partial charge in [-0.25, -0.2) is 0 Å². The highest BCUT2D eigenvalue weighted by atomic mass is 16.5. The molecule has 0 spiro atoms. The van der Waals surface area contributed by atoms with Gasteiger partial charge in [-0.05, 0) is 26.3 Å². The van der Waals surface area contributed by atoms with Crippen molar-refractivity contribution < 1.29 is 14.6 Å². The molecular weight excluding hydrogens is 368 g/mol. The van der Waals surface area contributed by atoms with Crippen LogP contribution in [0.4, 0.5) is 0 Å². The zero-order valence-electron chi connectivity index (χ0n) is 17.0. The van der Waals surface area contributed by atoms with E-state index in [1.165, 1.54) is 0 Å². The minimum absolute atomic E-state index is 0.0706. The molecule has 3 heterocycles. The highest BCUT2D eigenvalue weighted by Crippen LogP contribution is 2.42. The van der Waals surface area contributed by atoms with Gasteiger partial charge in [0.1, 0.15) is 6.61 Å². The van der Waals surface area contributed by atoms with E-state index < -0.39 is 6.10 Å². The van der Waals surface area contributed by atoms with Gasteiger partial charge in [0, 0.05) is 24.6 Å². The Morgan fingerprint density at radius 2 is 2.00 bits per heavy atom. The van der Waals surface area contributed by atoms with Crippen LogP contribution in [0.3, 0.4) is 0 Å². The molecule has 29 heavy (non-hydrogen) atoms. The number of carbonyl (C=O) groups excluding carboxylic acids is 1. The summed E-state index contributed by atoms with van der Waals surface area (Å²) in [6.07, 6.45) is 3.61. The van der Waals surface area contributed by atoms with E-state index in [9.17, 15) is 14.7 Å². The summed E-state index contributed by atoms with van der Waals surface area (Å²) in [5.41, 5.74) is 1.86. The lowest BCUT2D eigenvalue weighted by atomic mass is 10.1. The summed E-state index contributed by atoms with van der Waals surface area (Å²) in [6.45, 7) is 6.27. The van der Waals surface area contributed by atoms with Crippen molar-refractivity contribution in [3.63, 3.8) is 0 Å². The van der Waals surface area contributed by atoms with Crippen molar-refractivity contribution in [2.75, 3.05) is 6.54 Å². The summed E-state index contributed by atoms with van der Waals surface area (Å²) in [6, 6.07) is 9.37. The number of nitrogens with zero attached hydrogens (tertiary/aromatic N) is 2. The van der Waals surface area contributed by atoms with Gasteiger partial charge in [0.25, 0.3) is 5.91 Å². The second-order valence-electron chi connectivity index (χ2n) is 7.79. The summed E-state index contributed by atoms with van der Waals surface area (Å²) in [5.74, 6) is -0.154. The van der Waals surface area contributed by atoms with E-state index >= 15 is 0 Å². The van der Waals surface area contributed by atoms with Crippen LogP contribution in [0.5, 0.6) is 5.75 Å². The van der Waals surface area contributed by atoms with Gasteiger partial charge in [-0.2, -0.15) is 0 Å². The molecule has 1 aromatic carbocycles. The molecule has 0 saturated carbocycles. The molecule has 6 nitrogen and oxygen atoms in total. The van der Waals surface area contributed by atoms with E-state index in [2.05, 4.69) is 0 Å². The molecule has 3 unspecified atom stereocenters. The average Bonchev–Trinajstić information content (AvgIpc) is 3.04. The predicted octanol–water partition coefficient (Wildman–Crippen LogP) is 3.13. The molecule has 2 aliphatic rings. The molecule has 0 saturated heterocycles. The first-order chi connectivity index (χ1) is 13.9. The third-order valence-corrected chi connectivity index (χ3v) is 5.88. The molecule has 0 bridgehead atoms. The van der Waals surface area contributed by atoms with E-state index in [4.69, 9.17) is 4.74 Å². The first-order valence-corrected chi connectivity index (χ1v) is 10.0. The molecule has 2 aliphatic heterocycles. The summed E-state index contributed by atoms with van der Waals surface area (Å²) in [4.78, 5) is 28.3. The number of aromatic nitrogens is 1. The van der Waals surface area contributed by atoms with Gasteiger partial charge in [-0.3, -0.25) is 9.59 Å². The van der Waals surface area contributed by atoms with Crippen LogP contribution in [0.15, 0.2) is 47.3 Å². The van der Waals surface area contributed by atoms with Crippen LogP contribution < -0.4 is 10.2 Å². The largest absolute Gasteiger partial charge is 0.483 e. The monoisotopic (exact) mass is 394 g/mol. The van der Waals surface area contributed by atoms with Crippen LogP contribution >= 0.6 is 0 Å². The van der Waals surface area contributed by atoms with Crippen molar-refractivity contribution in [3.8, 4) is 5.75 Å². The quantitative estimate of drug-likeness (QED) is 0.791. The number of amides is 1. The Bertz CT molecular complexity index is 1030. The fraction of sp³-hybridized carbons (Fsp3) is 0.391. The minimum Gasteiger partial charge on any atom is -0.483 e. The van der Waals surface area contributed by atoms with Gasteiger partial charge in [0.2, 0.25) is 5.43 Å². The molecule has 1 amide bonds. The lowest BCUT2D eigenvalue weighted by molar-refractivity contribution is 0.0615. The number of aliphatic hydroxyl groups is 1. The number of rotatable bonds is 5. The Hall–Kier alpha value is -2.86. The lowest BCUT2D eigenvalue weighted by Gasteiger charge is -2.37. The van der Waals surface area contributed by atoms with E-state index in [0.29, 0.717) is 24.2 Å². The van der Waals surface area contributed by atoms with E-state index in [0.717, 1.165) is 5.56 Å². The molecule has 1 N–H and O–H groups in total. The summed E-state index contributed by atoms with van der Waals surface area (Å²) < 4.78 is 7.80. The molecular formula is C23H26N2O4. The zero-order valence-corrected chi connectivity index (χ0v) is 17.0. The normalized spacial score (nSPS) is 21.5. The number of hydrogen-bond acceptors (Lipinski definition) is 4. The molecule has 2 aromatic rings. The number of pyridine rings is 1. The van der Waals surface area contributed by atoms with E-state index in [1.54, 1.807) is 11.8 Å². The summed E-state index contributed by atoms with van der Waals surface area (Å²) in [7, 11) is 0. The van der Waals surface area contributed by atoms with Gasteiger partial charge in [-0.15, -0.1) is 0 Å². The summed E-state index contributed by atoms with van der Waals surface area (Å²) >= 11 is 0. The Kier molecular flexibility index (Phi) is 5.04. The number of ether oxygens (including phenoxy) is 1. The third kappa shape index (κ3) is 3.17. The van der Waals surface area contributed by atoms with Crippen LogP contribution in [0.1, 0.15) is 59.7 Å². The Morgan fingerprint density at radius 3 is 2.69 bits per heavy atom. The molecule has 0 aliphatic carbocycles. The van der Waals surface area contributed by atoms with Gasteiger partial charge < -0.3 is 19.3 Å². The fourth-order valence-corrected chi connectivity index (χ4v) is 4.47. The van der Waals surface area contributed by atoms with Crippen molar-refractivity contribution in [3.05, 3.63) is 75.2 Å². The third-order valence-electron chi connectivity index (χ3n) is 5.88. The van der Waals surface area contributed by atoms with Gasteiger partial charge >= 0.3 is 0 Å². The molecule has 1 aromatic heterocycles. The Morgan fingerprint density at radius 1 is 1.28 bits per heavy atom. The second kappa shape index (κ2) is 7.52. The molecule has 3 atom stereocenters. The molecule has 0 fully saturated rings. The minimum atomic E-state index is -0.751. The number of aliphatic hydroxyl groups excluding tert-OH is 1. The molecule has 0 radical (unpaired) electrons. The SMILES string of the molecule is C/C=C\C(C)N1CC2CC(O)c3c(C)c(=O)c(OCc4ccccc4)c(n32)C1=O. The molecule has 152 valence electrons. The fourth-order valence-electron chi connectivity index (χ4n) is 4.47. The van der Waals surface area contributed by atoms with Crippen LogP contribution in [0.2, 0.25) is 0 Å². The maximum absolute atomic E-state index is 13.4. The van der Waals surface area contributed by atoms with Crippen LogP contribution in [0, 0.1) is 6.92 Å². The zero-order chi connectivity index (χ0) is 20.7. The predicted molar refractivity (Wildman–Crippen MR) is 110 cm³/mol. The van der Waals surface area contributed by atoms with Crippen molar-refractivity contribution in [2.45, 2.75) is 52.0 Å². The average molecular weight is 394 g/mol. The van der Waals surface area contributed by atoms with Gasteiger partial charge in [-0.1, -0.05) is 42.5 Å². The summed E-state index contributed by atoms with van der Waals surface area (Å²) in [5, 5.41) is 10.6. The van der Waals surface area contributed by atoms with Crippen LogP contribution in [0.25, 0.3) is 0 Å². The first kappa shape index (κ1) is 19.5. The van der Waals surface area contributed by atoms with Crippen LogP contribution in [-0.4, -0.2) is 33.1 Å². The highest BCUT2D eigenvalue weighted by molar-refractivity contribution is 5.96. The second-order valence-corrected chi connectivity index (χ2v) is 7.79. The van der Waals surface area contributed by atoms with Crippen molar-refractivity contribution in [2.24, 2.45) is 0 Å². The number of carbonyl (C=O) groups is 1. The lowest BCUT2D eigenvalue weighted by Crippen LogP contribution is -2.47. The van der Waals surface area contributed by atoms with Crippen molar-refractivity contribution >= 4 is 5.91 Å². The number of benzene rings is 1. The molecule has 4 rings (SSSR count). The number of hydrogen-bond donors (Lipinski definition) is 1. The van der Waals surface area contributed by atoms with Crippen molar-refractivity contribution in [1.82, 2.24) is 9.47 Å². The van der Waals surface area contributed by atoms with Gasteiger partial charge in [0.15, 0.2) is 11.4 Å². The smallest absolute Gasteiger partial charge is 0.275 e.